The lowest BCUT2D eigenvalue weighted by atomic mass is 10.1. The van der Waals surface area contributed by atoms with Crippen molar-refractivity contribution in [3.8, 4) is 21.8 Å². The van der Waals surface area contributed by atoms with Gasteiger partial charge >= 0.3 is 0 Å². The minimum atomic E-state index is -0.229. The van der Waals surface area contributed by atoms with E-state index in [0.29, 0.717) is 22.1 Å². The Hall–Kier alpha value is -3.09. The topological polar surface area (TPSA) is 67.8 Å². The third kappa shape index (κ3) is 3.78. The smallest absolute Gasteiger partial charge is 0.257 e. The SMILES string of the molecule is Cc1cnccc1C(=O)Nc1cccc(-c2cc(-c3nccs3)ccc2Cl)n1. The number of carbonyl (C=O) groups is 1. The van der Waals surface area contributed by atoms with Gasteiger partial charge in [0, 0.05) is 40.7 Å². The van der Waals surface area contributed by atoms with Crippen LogP contribution in [0.3, 0.4) is 0 Å². The van der Waals surface area contributed by atoms with Gasteiger partial charge in [-0.25, -0.2) is 9.97 Å². The van der Waals surface area contributed by atoms with Gasteiger partial charge in [0.1, 0.15) is 10.8 Å². The van der Waals surface area contributed by atoms with E-state index >= 15 is 0 Å². The Balaban J connectivity index is 1.65. The second-order valence-electron chi connectivity index (χ2n) is 6.08. The maximum atomic E-state index is 12.5. The first-order valence-electron chi connectivity index (χ1n) is 8.50. The van der Waals surface area contributed by atoms with Gasteiger partial charge in [-0.2, -0.15) is 0 Å². The van der Waals surface area contributed by atoms with Crippen LogP contribution in [0.2, 0.25) is 5.02 Å². The molecule has 0 fully saturated rings. The van der Waals surface area contributed by atoms with Crippen molar-refractivity contribution in [3.05, 3.63) is 82.6 Å². The summed E-state index contributed by atoms with van der Waals surface area (Å²) < 4.78 is 0. The number of hydrogen-bond donors (Lipinski definition) is 1. The molecule has 5 nitrogen and oxygen atoms in total. The zero-order valence-electron chi connectivity index (χ0n) is 14.9. The Morgan fingerprint density at radius 2 is 2.04 bits per heavy atom. The third-order valence-electron chi connectivity index (χ3n) is 4.18. The molecule has 0 aliphatic carbocycles. The molecule has 0 atom stereocenters. The molecule has 3 heterocycles. The van der Waals surface area contributed by atoms with E-state index in [2.05, 4.69) is 20.3 Å². The van der Waals surface area contributed by atoms with Gasteiger partial charge in [0.05, 0.1) is 10.7 Å². The second-order valence-corrected chi connectivity index (χ2v) is 7.39. The number of carbonyl (C=O) groups excluding carboxylic acids is 1. The molecule has 7 heteroatoms. The first-order chi connectivity index (χ1) is 13.6. The van der Waals surface area contributed by atoms with Crippen molar-refractivity contribution < 1.29 is 4.79 Å². The van der Waals surface area contributed by atoms with Crippen LogP contribution in [-0.2, 0) is 0 Å². The van der Waals surface area contributed by atoms with E-state index in [-0.39, 0.29) is 5.91 Å². The fourth-order valence-electron chi connectivity index (χ4n) is 2.79. The van der Waals surface area contributed by atoms with E-state index in [1.807, 2.05) is 42.6 Å². The molecule has 0 unspecified atom stereocenters. The van der Waals surface area contributed by atoms with Crippen LogP contribution in [0.5, 0.6) is 0 Å². The van der Waals surface area contributed by atoms with E-state index in [4.69, 9.17) is 11.6 Å². The largest absolute Gasteiger partial charge is 0.307 e. The lowest BCUT2D eigenvalue weighted by Crippen LogP contribution is -2.14. The number of rotatable bonds is 4. The summed E-state index contributed by atoms with van der Waals surface area (Å²) in [5.41, 5.74) is 3.79. The van der Waals surface area contributed by atoms with E-state index in [9.17, 15) is 4.79 Å². The van der Waals surface area contributed by atoms with Crippen LogP contribution in [0.1, 0.15) is 15.9 Å². The van der Waals surface area contributed by atoms with Crippen molar-refractivity contribution in [1.82, 2.24) is 15.0 Å². The van der Waals surface area contributed by atoms with Gasteiger partial charge in [0.2, 0.25) is 0 Å². The summed E-state index contributed by atoms with van der Waals surface area (Å²) in [7, 11) is 0. The van der Waals surface area contributed by atoms with Crippen molar-refractivity contribution in [2.45, 2.75) is 6.92 Å². The number of aryl methyl sites for hydroxylation is 1. The molecule has 0 aliphatic rings. The van der Waals surface area contributed by atoms with Crippen molar-refractivity contribution in [3.63, 3.8) is 0 Å². The number of anilines is 1. The normalized spacial score (nSPS) is 10.6. The Morgan fingerprint density at radius 3 is 2.82 bits per heavy atom. The zero-order valence-corrected chi connectivity index (χ0v) is 16.5. The molecule has 0 saturated carbocycles. The van der Waals surface area contributed by atoms with E-state index in [0.717, 1.165) is 21.7 Å². The molecule has 4 aromatic rings. The number of aromatic nitrogens is 3. The molecule has 1 amide bonds. The average molecular weight is 407 g/mol. The highest BCUT2D eigenvalue weighted by Crippen LogP contribution is 2.32. The number of nitrogens with one attached hydrogen (secondary N) is 1. The molecule has 0 spiro atoms. The predicted octanol–water partition coefficient (Wildman–Crippen LogP) is 5.48. The lowest BCUT2D eigenvalue weighted by Gasteiger charge is -2.10. The molecule has 138 valence electrons. The number of thiazole rings is 1. The summed E-state index contributed by atoms with van der Waals surface area (Å²) in [6.45, 7) is 1.84. The number of benzene rings is 1. The zero-order chi connectivity index (χ0) is 19.5. The molecule has 3 aromatic heterocycles. The summed E-state index contributed by atoms with van der Waals surface area (Å²) in [6, 6.07) is 12.9. The molecule has 0 radical (unpaired) electrons. The Kier molecular flexibility index (Phi) is 5.14. The maximum absolute atomic E-state index is 12.5. The molecule has 0 saturated heterocycles. The molecule has 1 aromatic carbocycles. The first-order valence-corrected chi connectivity index (χ1v) is 9.76. The predicted molar refractivity (Wildman–Crippen MR) is 113 cm³/mol. The highest BCUT2D eigenvalue weighted by atomic mass is 35.5. The van der Waals surface area contributed by atoms with Gasteiger partial charge in [-0.3, -0.25) is 9.78 Å². The minimum absolute atomic E-state index is 0.229. The average Bonchev–Trinajstić information content (AvgIpc) is 3.24. The summed E-state index contributed by atoms with van der Waals surface area (Å²) >= 11 is 7.98. The fourth-order valence-corrected chi connectivity index (χ4v) is 3.64. The lowest BCUT2D eigenvalue weighted by molar-refractivity contribution is 0.102. The molecule has 0 bridgehead atoms. The molecule has 1 N–H and O–H groups in total. The Bertz CT molecular complexity index is 1140. The van der Waals surface area contributed by atoms with Gasteiger partial charge in [-0.1, -0.05) is 23.7 Å². The van der Waals surface area contributed by atoms with Crippen molar-refractivity contribution >= 4 is 34.7 Å². The Morgan fingerprint density at radius 1 is 1.14 bits per heavy atom. The summed E-state index contributed by atoms with van der Waals surface area (Å²) in [6.07, 6.45) is 5.02. The number of halogens is 1. The number of hydrogen-bond acceptors (Lipinski definition) is 5. The van der Waals surface area contributed by atoms with Crippen LogP contribution in [0.25, 0.3) is 21.8 Å². The standard InChI is InChI=1S/C21H15ClN4OS/c1-13-12-23-8-7-15(13)20(27)26-19-4-2-3-18(25-19)16-11-14(5-6-17(16)22)21-24-9-10-28-21/h2-12H,1H3,(H,25,26,27). The molecular weight excluding hydrogens is 392 g/mol. The number of amides is 1. The molecule has 0 aliphatic heterocycles. The van der Waals surface area contributed by atoms with Crippen LogP contribution in [-0.4, -0.2) is 20.9 Å². The van der Waals surface area contributed by atoms with Crippen LogP contribution >= 0.6 is 22.9 Å². The van der Waals surface area contributed by atoms with Crippen LogP contribution < -0.4 is 5.32 Å². The van der Waals surface area contributed by atoms with E-state index in [1.54, 1.807) is 42.1 Å². The van der Waals surface area contributed by atoms with Crippen molar-refractivity contribution in [2.75, 3.05) is 5.32 Å². The summed E-state index contributed by atoms with van der Waals surface area (Å²) in [5, 5.41) is 6.27. The van der Waals surface area contributed by atoms with Crippen LogP contribution in [0, 0.1) is 6.92 Å². The van der Waals surface area contributed by atoms with Gasteiger partial charge in [-0.05, 0) is 42.8 Å². The number of pyridine rings is 2. The van der Waals surface area contributed by atoms with Gasteiger partial charge in [-0.15, -0.1) is 11.3 Å². The van der Waals surface area contributed by atoms with Crippen molar-refractivity contribution in [1.29, 1.82) is 0 Å². The van der Waals surface area contributed by atoms with E-state index < -0.39 is 0 Å². The minimum Gasteiger partial charge on any atom is -0.307 e. The molecular formula is C21H15ClN4OS. The van der Waals surface area contributed by atoms with Gasteiger partial charge in [0.15, 0.2) is 0 Å². The van der Waals surface area contributed by atoms with Crippen LogP contribution in [0.4, 0.5) is 5.82 Å². The molecule has 4 rings (SSSR count). The quantitative estimate of drug-likeness (QED) is 0.487. The second kappa shape index (κ2) is 7.88. The first kappa shape index (κ1) is 18.3. The van der Waals surface area contributed by atoms with Gasteiger partial charge < -0.3 is 5.32 Å². The third-order valence-corrected chi connectivity index (χ3v) is 5.33. The highest BCUT2D eigenvalue weighted by molar-refractivity contribution is 7.13. The maximum Gasteiger partial charge on any atom is 0.257 e. The van der Waals surface area contributed by atoms with Gasteiger partial charge in [0.25, 0.3) is 5.91 Å². The highest BCUT2D eigenvalue weighted by Gasteiger charge is 2.12. The Labute approximate surface area is 171 Å². The molecule has 28 heavy (non-hydrogen) atoms. The van der Waals surface area contributed by atoms with E-state index in [1.165, 1.54) is 0 Å². The monoisotopic (exact) mass is 406 g/mol. The van der Waals surface area contributed by atoms with Crippen molar-refractivity contribution in [2.24, 2.45) is 0 Å². The summed E-state index contributed by atoms with van der Waals surface area (Å²) in [4.78, 5) is 25.5. The summed E-state index contributed by atoms with van der Waals surface area (Å²) in [5.74, 6) is 0.224. The fraction of sp³-hybridized carbons (Fsp3) is 0.0476. The number of nitrogens with zero attached hydrogens (tertiary/aromatic N) is 3. The van der Waals surface area contributed by atoms with Crippen LogP contribution in [0.15, 0.2) is 66.4 Å².